The van der Waals surface area contributed by atoms with Crippen LogP contribution in [0.5, 0.6) is 0 Å². The van der Waals surface area contributed by atoms with Gasteiger partial charge in [0.1, 0.15) is 48.5 Å². The number of imidazole rings is 1. The van der Waals surface area contributed by atoms with Crippen molar-refractivity contribution in [1.82, 2.24) is 29.5 Å². The van der Waals surface area contributed by atoms with Gasteiger partial charge < -0.3 is 58.5 Å². The van der Waals surface area contributed by atoms with E-state index >= 15 is 0 Å². The van der Waals surface area contributed by atoms with Crippen LogP contribution in [0.2, 0.25) is 0 Å². The topological polar surface area (TPSA) is 297 Å². The Balaban J connectivity index is 0.00000208. The van der Waals surface area contributed by atoms with Crippen LogP contribution in [0.4, 0.5) is 11.8 Å². The third-order valence-electron chi connectivity index (χ3n) is 9.26. The fraction of sp³-hybridized carbons (Fsp3) is 0.542. The maximum Gasteiger partial charge on any atom is 1.00 e. The summed E-state index contributed by atoms with van der Waals surface area (Å²) in [6, 6.07) is -0.847. The largest absolute Gasteiger partial charge is 1.00 e. The van der Waals surface area contributed by atoms with E-state index in [0.717, 1.165) is 11.3 Å². The number of anilines is 2. The number of fused-ring (bicyclic) bond motifs is 4. The number of nitrogens with one attached hydrogen (secondary N) is 1. The van der Waals surface area contributed by atoms with Crippen LogP contribution in [0.15, 0.2) is 22.8 Å². The van der Waals surface area contributed by atoms with Crippen LogP contribution in [0.1, 0.15) is 23.4 Å². The van der Waals surface area contributed by atoms with Gasteiger partial charge in [-0.25, -0.2) is 19.9 Å². The van der Waals surface area contributed by atoms with Gasteiger partial charge in [0.2, 0.25) is 5.95 Å². The molecule has 2 saturated carbocycles. The average Bonchev–Trinajstić information content (AvgIpc) is 3.30. The Kier molecular flexibility index (Phi) is 10.4. The molecule has 11 atom stereocenters. The van der Waals surface area contributed by atoms with Crippen LogP contribution in [-0.2, 0) is 36.7 Å². The summed E-state index contributed by atoms with van der Waals surface area (Å²) in [5.41, 5.74) is 10.6. The number of nitrogens with two attached hydrogens (primary N) is 2. The number of nitrogens with zero attached hydrogens (tertiary/aromatic N) is 5. The zero-order valence-electron chi connectivity index (χ0n) is 26.1. The number of hydrogen-bond acceptors (Lipinski definition) is 19. The second kappa shape index (κ2) is 13.5. The SMILES string of the molecule is CO[C@H]1[C@H]2OP(=O)([O-])OCC34C[C@@H]3[C@@H](n3cnc5c(N)ncnc53)[C@H](O)[C@@H]4OP(=O)([O-])OC[C@H]1O[C@H]2c1scc2c(=O)[nH]c(N)nc12.[Na+].[Na+]. The Morgan fingerprint density at radius 3 is 2.65 bits per heavy atom. The molecule has 0 radical (unpaired) electrons. The Morgan fingerprint density at radius 2 is 1.90 bits per heavy atom. The molecule has 4 aromatic heterocycles. The fourth-order valence-electron chi connectivity index (χ4n) is 7.12. The second-order valence-electron chi connectivity index (χ2n) is 11.8. The van der Waals surface area contributed by atoms with Crippen LogP contribution < -0.4 is 85.9 Å². The van der Waals surface area contributed by atoms with Gasteiger partial charge in [-0.2, -0.15) is 0 Å². The molecule has 20 nitrogen and oxygen atoms in total. The average molecular weight is 759 g/mol. The second-order valence-corrected chi connectivity index (χ2v) is 15.4. The molecule has 8 rings (SSSR count). The number of phosphoric ester groups is 2. The summed E-state index contributed by atoms with van der Waals surface area (Å²) in [6.07, 6.45) is -5.24. The fourth-order valence-corrected chi connectivity index (χ4v) is 10.2. The molecule has 252 valence electrons. The van der Waals surface area contributed by atoms with Crippen LogP contribution in [0, 0.1) is 11.3 Å². The van der Waals surface area contributed by atoms with Gasteiger partial charge in [-0.05, 0) is 12.3 Å². The van der Waals surface area contributed by atoms with Crippen LogP contribution in [-0.4, -0.2) is 85.4 Å². The van der Waals surface area contributed by atoms with E-state index < -0.39 is 88.4 Å². The minimum absolute atomic E-state index is 0. The normalized spacial score (nSPS) is 38.8. The van der Waals surface area contributed by atoms with Gasteiger partial charge >= 0.3 is 59.1 Å². The number of H-pyrrole nitrogens is 1. The van der Waals surface area contributed by atoms with Gasteiger partial charge in [-0.3, -0.25) is 18.9 Å². The Hall–Kier alpha value is -0.910. The first-order chi connectivity index (χ1) is 22.3. The van der Waals surface area contributed by atoms with E-state index in [1.807, 2.05) is 0 Å². The van der Waals surface area contributed by atoms with Crippen molar-refractivity contribution in [3.05, 3.63) is 33.3 Å². The Morgan fingerprint density at radius 1 is 1.14 bits per heavy atom. The van der Waals surface area contributed by atoms with E-state index in [-0.39, 0.29) is 104 Å². The third kappa shape index (κ3) is 6.32. The van der Waals surface area contributed by atoms with Crippen molar-refractivity contribution in [2.75, 3.05) is 31.8 Å². The van der Waals surface area contributed by atoms with E-state index in [1.165, 1.54) is 29.7 Å². The number of phosphoric acid groups is 2. The number of hydrogen-bond donors (Lipinski definition) is 4. The predicted molar refractivity (Wildman–Crippen MR) is 155 cm³/mol. The van der Waals surface area contributed by atoms with Gasteiger partial charge in [0.05, 0.1) is 41.4 Å². The van der Waals surface area contributed by atoms with Crippen LogP contribution in [0.25, 0.3) is 22.1 Å². The summed E-state index contributed by atoms with van der Waals surface area (Å²) in [7, 11) is -9.16. The molecular formula is C24H26N8Na2O12P2S. The van der Waals surface area contributed by atoms with Gasteiger partial charge in [0.25, 0.3) is 21.2 Å². The number of ether oxygens (including phenoxy) is 2. The third-order valence-corrected chi connectivity index (χ3v) is 12.2. The zero-order valence-corrected chi connectivity index (χ0v) is 32.7. The number of aliphatic hydroxyl groups excluding tert-OH is 1. The van der Waals surface area contributed by atoms with Gasteiger partial charge in [-0.15, -0.1) is 11.3 Å². The maximum atomic E-state index is 13.5. The quantitative estimate of drug-likeness (QED) is 0.111. The number of rotatable bonds is 3. The molecule has 2 aliphatic heterocycles. The van der Waals surface area contributed by atoms with E-state index in [2.05, 4.69) is 24.9 Å². The number of nitrogen functional groups attached to an aromatic ring is 2. The van der Waals surface area contributed by atoms with E-state index in [1.54, 1.807) is 0 Å². The first kappa shape index (κ1) is 37.8. The van der Waals surface area contributed by atoms with Gasteiger partial charge in [0.15, 0.2) is 11.5 Å². The van der Waals surface area contributed by atoms with E-state index in [9.17, 15) is 28.8 Å². The molecule has 2 bridgehead atoms. The number of aromatic nitrogens is 6. The minimum atomic E-state index is -5.21. The van der Waals surface area contributed by atoms with Gasteiger partial charge in [0, 0.05) is 17.9 Å². The molecule has 6 N–H and O–H groups in total. The van der Waals surface area contributed by atoms with Crippen molar-refractivity contribution in [2.45, 2.75) is 49.1 Å². The van der Waals surface area contributed by atoms with Crippen molar-refractivity contribution >= 4 is 60.8 Å². The zero-order chi connectivity index (χ0) is 33.0. The molecule has 2 saturated heterocycles. The summed E-state index contributed by atoms with van der Waals surface area (Å²) in [5.74, 6) is -0.621. The summed E-state index contributed by atoms with van der Waals surface area (Å²) in [4.78, 5) is 58.5. The molecule has 0 amide bonds. The van der Waals surface area contributed by atoms with Crippen molar-refractivity contribution in [3.8, 4) is 0 Å². The summed E-state index contributed by atoms with van der Waals surface area (Å²) in [5, 5.41) is 13.1. The van der Waals surface area contributed by atoms with Crippen molar-refractivity contribution < 1.29 is 111 Å². The molecule has 4 fully saturated rings. The van der Waals surface area contributed by atoms with Crippen molar-refractivity contribution in [1.29, 1.82) is 0 Å². The molecular weight excluding hydrogens is 732 g/mol. The first-order valence-corrected chi connectivity index (χ1v) is 18.0. The molecule has 0 aromatic carbocycles. The Bertz CT molecular complexity index is 2070. The molecule has 2 aliphatic carbocycles. The standard InChI is InChI=1S/C24H28N8O12P2S.2Na/c1-39-15-10-3-40-45(35,36)44-19-14(33)13(32-7-29-12-20(25)27-6-28-21(12)32)9-2-24(9,19)5-41-46(37,38)43-16(15)17(42-10)18-11-8(4-47-18)22(34)31-23(26)30-11;;/h4,6-7,9-10,13-17,19,33H,2-3,5H2,1H3,(H,35,36)(H,37,38)(H2,25,27,28)(H3,26,30,31,34);;/q;2*+1/p-2/t9-,10-,13-,14+,15-,16-,17-,19+,24?;;/m1../s1. The van der Waals surface area contributed by atoms with Gasteiger partial charge in [-0.1, -0.05) is 0 Å². The smallest absolute Gasteiger partial charge is 0.756 e. The Labute approximate surface area is 324 Å². The summed E-state index contributed by atoms with van der Waals surface area (Å²) < 4.78 is 61.7. The van der Waals surface area contributed by atoms with E-state index in [4.69, 9.17) is 39.0 Å². The summed E-state index contributed by atoms with van der Waals surface area (Å²) in [6.45, 7) is -1.28. The van der Waals surface area contributed by atoms with E-state index in [0.29, 0.717) is 0 Å². The number of methoxy groups -OCH3 is 1. The van der Waals surface area contributed by atoms with Crippen LogP contribution in [0.3, 0.4) is 0 Å². The van der Waals surface area contributed by atoms with Crippen molar-refractivity contribution in [2.24, 2.45) is 11.3 Å². The molecule has 49 heavy (non-hydrogen) atoms. The first-order valence-electron chi connectivity index (χ1n) is 14.2. The molecule has 25 heteroatoms. The molecule has 1 spiro atoms. The summed E-state index contributed by atoms with van der Waals surface area (Å²) >= 11 is 1.03. The maximum absolute atomic E-state index is 13.5. The minimum Gasteiger partial charge on any atom is -0.756 e. The molecule has 6 heterocycles. The number of thiophene rings is 1. The molecule has 4 aliphatic rings. The molecule has 4 aromatic rings. The number of aliphatic hydroxyl groups is 1. The predicted octanol–water partition coefficient (Wildman–Crippen LogP) is -6.87. The van der Waals surface area contributed by atoms with Crippen molar-refractivity contribution in [3.63, 3.8) is 0 Å². The van der Waals surface area contributed by atoms with Crippen LogP contribution >= 0.6 is 27.0 Å². The number of aromatic amines is 1. The monoisotopic (exact) mass is 758 g/mol. The molecule has 3 unspecified atom stereocenters.